The number of rotatable bonds is 5. The van der Waals surface area contributed by atoms with Gasteiger partial charge in [0.25, 0.3) is 0 Å². The molecule has 0 bridgehead atoms. The fourth-order valence-electron chi connectivity index (χ4n) is 1.36. The maximum absolute atomic E-state index is 5.72. The minimum Gasteiger partial charge on any atom is -0.397 e. The summed E-state index contributed by atoms with van der Waals surface area (Å²) in [6, 6.07) is 2.01. The van der Waals surface area contributed by atoms with Crippen molar-refractivity contribution in [2.45, 2.75) is 13.8 Å². The molecular weight excluding hydrogens is 190 g/mol. The van der Waals surface area contributed by atoms with Crippen LogP contribution in [-0.4, -0.2) is 31.8 Å². The molecule has 0 saturated carbocycles. The minimum atomic E-state index is 0.707. The Balaban J connectivity index is 2.78. The molecule has 84 valence electrons. The third-order valence-corrected chi connectivity index (χ3v) is 2.41. The Morgan fingerprint density at radius 2 is 2.27 bits per heavy atom. The summed E-state index contributed by atoms with van der Waals surface area (Å²) in [4.78, 5) is 6.47. The molecule has 0 fully saturated rings. The zero-order valence-electron chi connectivity index (χ0n) is 9.66. The highest BCUT2D eigenvalue weighted by Crippen LogP contribution is 2.16. The molecule has 0 radical (unpaired) electrons. The van der Waals surface area contributed by atoms with Gasteiger partial charge >= 0.3 is 0 Å². The lowest BCUT2D eigenvalue weighted by atomic mass is 10.2. The van der Waals surface area contributed by atoms with Crippen molar-refractivity contribution in [3.8, 4) is 0 Å². The highest BCUT2D eigenvalue weighted by atomic mass is 16.5. The van der Waals surface area contributed by atoms with Crippen molar-refractivity contribution in [1.82, 2.24) is 4.98 Å². The quantitative estimate of drug-likeness (QED) is 0.797. The highest BCUT2D eigenvalue weighted by molar-refractivity contribution is 5.52. The van der Waals surface area contributed by atoms with E-state index in [1.807, 2.05) is 13.0 Å². The van der Waals surface area contributed by atoms with E-state index in [1.54, 1.807) is 13.3 Å². The van der Waals surface area contributed by atoms with E-state index in [1.165, 1.54) is 0 Å². The number of anilines is 2. The monoisotopic (exact) mass is 209 g/mol. The minimum absolute atomic E-state index is 0.707. The van der Waals surface area contributed by atoms with E-state index in [4.69, 9.17) is 10.5 Å². The maximum Gasteiger partial charge on any atom is 0.128 e. The molecule has 0 aliphatic rings. The summed E-state index contributed by atoms with van der Waals surface area (Å²) in [5.41, 5.74) is 7.53. The third kappa shape index (κ3) is 3.09. The molecule has 0 atom stereocenters. The second kappa shape index (κ2) is 5.56. The maximum atomic E-state index is 5.72. The molecule has 1 rings (SSSR count). The van der Waals surface area contributed by atoms with Gasteiger partial charge in [-0.05, 0) is 25.5 Å². The topological polar surface area (TPSA) is 51.4 Å². The largest absolute Gasteiger partial charge is 0.397 e. The molecule has 0 unspecified atom stereocenters. The van der Waals surface area contributed by atoms with Crippen LogP contribution in [0.5, 0.6) is 0 Å². The van der Waals surface area contributed by atoms with Crippen molar-refractivity contribution in [2.24, 2.45) is 0 Å². The number of hydrogen-bond acceptors (Lipinski definition) is 4. The van der Waals surface area contributed by atoms with Crippen LogP contribution in [0, 0.1) is 6.92 Å². The summed E-state index contributed by atoms with van der Waals surface area (Å²) in [5.74, 6) is 0.959. The number of nitrogen functional groups attached to an aromatic ring is 1. The summed E-state index contributed by atoms with van der Waals surface area (Å²) >= 11 is 0. The van der Waals surface area contributed by atoms with Gasteiger partial charge in [-0.3, -0.25) is 0 Å². The zero-order chi connectivity index (χ0) is 11.3. The Bertz CT molecular complexity index is 315. The molecule has 4 heteroatoms. The molecule has 0 saturated heterocycles. The number of aromatic nitrogens is 1. The van der Waals surface area contributed by atoms with Crippen molar-refractivity contribution in [3.05, 3.63) is 17.8 Å². The second-order valence-electron chi connectivity index (χ2n) is 3.47. The van der Waals surface area contributed by atoms with Gasteiger partial charge in [-0.2, -0.15) is 0 Å². The van der Waals surface area contributed by atoms with Gasteiger partial charge in [0.2, 0.25) is 0 Å². The Labute approximate surface area is 91.1 Å². The average molecular weight is 209 g/mol. The number of nitrogens with two attached hydrogens (primary N) is 1. The van der Waals surface area contributed by atoms with E-state index in [2.05, 4.69) is 16.8 Å². The van der Waals surface area contributed by atoms with Crippen LogP contribution in [-0.2, 0) is 4.74 Å². The molecule has 0 spiro atoms. The predicted molar refractivity (Wildman–Crippen MR) is 63.1 cm³/mol. The Morgan fingerprint density at radius 1 is 1.53 bits per heavy atom. The summed E-state index contributed by atoms with van der Waals surface area (Å²) in [5, 5.41) is 0. The number of hydrogen-bond donors (Lipinski definition) is 1. The Morgan fingerprint density at radius 3 is 2.80 bits per heavy atom. The third-order valence-electron chi connectivity index (χ3n) is 2.41. The highest BCUT2D eigenvalue weighted by Gasteiger charge is 2.06. The summed E-state index contributed by atoms with van der Waals surface area (Å²) in [7, 11) is 1.70. The number of methoxy groups -OCH3 is 1. The van der Waals surface area contributed by atoms with Crippen molar-refractivity contribution in [2.75, 3.05) is 37.4 Å². The number of nitrogens with zero attached hydrogens (tertiary/aromatic N) is 2. The first-order valence-electron chi connectivity index (χ1n) is 5.15. The van der Waals surface area contributed by atoms with Gasteiger partial charge in [-0.15, -0.1) is 0 Å². The van der Waals surface area contributed by atoms with E-state index in [0.717, 1.165) is 30.2 Å². The normalized spacial score (nSPS) is 10.3. The van der Waals surface area contributed by atoms with E-state index in [-0.39, 0.29) is 0 Å². The Hall–Kier alpha value is -1.29. The molecule has 1 aromatic rings. The van der Waals surface area contributed by atoms with Gasteiger partial charge in [0.15, 0.2) is 0 Å². The van der Waals surface area contributed by atoms with Crippen LogP contribution < -0.4 is 10.6 Å². The van der Waals surface area contributed by atoms with Gasteiger partial charge in [-0.1, -0.05) is 0 Å². The standard InChI is InChI=1S/C11H19N3O/c1-4-14(5-6-15-3)11-7-9(2)10(12)8-13-11/h7-8H,4-6,12H2,1-3H3. The molecule has 4 nitrogen and oxygen atoms in total. The Kier molecular flexibility index (Phi) is 4.37. The molecule has 15 heavy (non-hydrogen) atoms. The van der Waals surface area contributed by atoms with Crippen LogP contribution in [0.4, 0.5) is 11.5 Å². The smallest absolute Gasteiger partial charge is 0.128 e. The summed E-state index contributed by atoms with van der Waals surface area (Å²) < 4.78 is 5.06. The van der Waals surface area contributed by atoms with E-state index < -0.39 is 0 Å². The van der Waals surface area contributed by atoms with E-state index in [0.29, 0.717) is 6.61 Å². The van der Waals surface area contributed by atoms with Crippen molar-refractivity contribution in [1.29, 1.82) is 0 Å². The van der Waals surface area contributed by atoms with Crippen LogP contribution in [0.25, 0.3) is 0 Å². The number of aryl methyl sites for hydroxylation is 1. The zero-order valence-corrected chi connectivity index (χ0v) is 9.66. The number of pyridine rings is 1. The first-order valence-corrected chi connectivity index (χ1v) is 5.15. The van der Waals surface area contributed by atoms with Gasteiger partial charge in [0.1, 0.15) is 5.82 Å². The van der Waals surface area contributed by atoms with Crippen molar-refractivity contribution < 1.29 is 4.74 Å². The number of likely N-dealkylation sites (N-methyl/N-ethyl adjacent to an activating group) is 1. The number of ether oxygens (including phenoxy) is 1. The molecule has 1 aromatic heterocycles. The van der Waals surface area contributed by atoms with Crippen molar-refractivity contribution in [3.63, 3.8) is 0 Å². The molecule has 1 heterocycles. The lowest BCUT2D eigenvalue weighted by molar-refractivity contribution is 0.205. The van der Waals surface area contributed by atoms with Crippen molar-refractivity contribution >= 4 is 11.5 Å². The first kappa shape index (κ1) is 11.8. The second-order valence-corrected chi connectivity index (χ2v) is 3.47. The molecular formula is C11H19N3O. The lowest BCUT2D eigenvalue weighted by Crippen LogP contribution is -2.27. The molecule has 0 aliphatic heterocycles. The van der Waals surface area contributed by atoms with Crippen LogP contribution >= 0.6 is 0 Å². The van der Waals surface area contributed by atoms with Gasteiger partial charge in [-0.25, -0.2) is 4.98 Å². The SMILES string of the molecule is CCN(CCOC)c1cc(C)c(N)cn1. The van der Waals surface area contributed by atoms with Crippen LogP contribution in [0.3, 0.4) is 0 Å². The molecule has 2 N–H and O–H groups in total. The van der Waals surface area contributed by atoms with E-state index in [9.17, 15) is 0 Å². The summed E-state index contributed by atoms with van der Waals surface area (Å²) in [6.07, 6.45) is 1.71. The molecule has 0 aliphatic carbocycles. The fraction of sp³-hybridized carbons (Fsp3) is 0.545. The van der Waals surface area contributed by atoms with Gasteiger partial charge < -0.3 is 15.4 Å². The first-order chi connectivity index (χ1) is 7.19. The van der Waals surface area contributed by atoms with Crippen LogP contribution in [0.2, 0.25) is 0 Å². The van der Waals surface area contributed by atoms with Crippen LogP contribution in [0.15, 0.2) is 12.3 Å². The average Bonchev–Trinajstić information content (AvgIpc) is 2.24. The summed E-state index contributed by atoms with van der Waals surface area (Å²) in [6.45, 7) is 6.57. The molecule has 0 amide bonds. The van der Waals surface area contributed by atoms with Gasteiger partial charge in [0.05, 0.1) is 18.5 Å². The lowest BCUT2D eigenvalue weighted by Gasteiger charge is -2.21. The van der Waals surface area contributed by atoms with E-state index >= 15 is 0 Å². The molecule has 0 aromatic carbocycles. The fourth-order valence-corrected chi connectivity index (χ4v) is 1.36. The van der Waals surface area contributed by atoms with Crippen LogP contribution in [0.1, 0.15) is 12.5 Å². The van der Waals surface area contributed by atoms with Gasteiger partial charge in [0, 0.05) is 20.2 Å². The predicted octanol–water partition coefficient (Wildman–Crippen LogP) is 1.44.